The molecular weight excluding hydrogens is 414 g/mol. The molecule has 2 aliphatic rings. The largest absolute Gasteiger partial charge is 0.476 e. The van der Waals surface area contributed by atoms with Crippen LogP contribution in [-0.4, -0.2) is 46.3 Å². The smallest absolute Gasteiger partial charge is 0.263 e. The third-order valence-corrected chi connectivity index (χ3v) is 6.95. The Labute approximate surface area is 184 Å². The van der Waals surface area contributed by atoms with E-state index in [4.69, 9.17) is 4.74 Å². The second-order valence-corrected chi connectivity index (χ2v) is 10.2. The van der Waals surface area contributed by atoms with Crippen LogP contribution >= 0.6 is 0 Å². The summed E-state index contributed by atoms with van der Waals surface area (Å²) < 4.78 is 31.7. The average Bonchev–Trinajstić information content (AvgIpc) is 2.77. The van der Waals surface area contributed by atoms with Gasteiger partial charge in [-0.2, -0.15) is 0 Å². The van der Waals surface area contributed by atoms with Gasteiger partial charge < -0.3 is 15.0 Å². The first-order chi connectivity index (χ1) is 14.8. The minimum Gasteiger partial charge on any atom is -0.476 e. The van der Waals surface area contributed by atoms with E-state index in [0.717, 1.165) is 30.5 Å². The third-order valence-electron chi connectivity index (χ3n) is 5.80. The van der Waals surface area contributed by atoms with Crippen molar-refractivity contribution in [1.29, 1.82) is 0 Å². The molecule has 8 heteroatoms. The summed E-state index contributed by atoms with van der Waals surface area (Å²) in [5.41, 5.74) is 3.59. The Hall–Kier alpha value is -2.74. The SMILES string of the molecule is Cc1ccc2c(c1)N(S(C)(=O)=O)CC(C(=O)NCc1ccc(N3CCCCC3)cc1)O2. The number of anilines is 2. The fourth-order valence-corrected chi connectivity index (χ4v) is 5.00. The molecule has 166 valence electrons. The van der Waals surface area contributed by atoms with E-state index >= 15 is 0 Å². The molecule has 2 aliphatic heterocycles. The normalized spacial score (nSPS) is 18.8. The molecule has 0 aliphatic carbocycles. The second-order valence-electron chi connectivity index (χ2n) is 8.30. The first-order valence-corrected chi connectivity index (χ1v) is 12.5. The zero-order valence-corrected chi connectivity index (χ0v) is 18.8. The summed E-state index contributed by atoms with van der Waals surface area (Å²) in [4.78, 5) is 15.2. The number of ether oxygens (including phenoxy) is 1. The van der Waals surface area contributed by atoms with Gasteiger partial charge in [-0.25, -0.2) is 8.42 Å². The topological polar surface area (TPSA) is 79.0 Å². The average molecular weight is 444 g/mol. The molecule has 1 unspecified atom stereocenters. The first kappa shape index (κ1) is 21.5. The van der Waals surface area contributed by atoms with Gasteiger partial charge in [0.15, 0.2) is 6.10 Å². The molecule has 2 aromatic rings. The second kappa shape index (κ2) is 8.78. The molecule has 0 aromatic heterocycles. The van der Waals surface area contributed by atoms with Crippen molar-refractivity contribution in [3.63, 3.8) is 0 Å². The van der Waals surface area contributed by atoms with Gasteiger partial charge in [0.1, 0.15) is 5.75 Å². The lowest BCUT2D eigenvalue weighted by atomic mass is 10.1. The minimum atomic E-state index is -3.54. The van der Waals surface area contributed by atoms with Gasteiger partial charge in [-0.05, 0) is 61.6 Å². The summed E-state index contributed by atoms with van der Waals surface area (Å²) in [6, 6.07) is 13.5. The Morgan fingerprint density at radius 2 is 1.81 bits per heavy atom. The molecule has 2 heterocycles. The number of nitrogens with zero attached hydrogens (tertiary/aromatic N) is 2. The highest BCUT2D eigenvalue weighted by Crippen LogP contribution is 2.35. The highest BCUT2D eigenvalue weighted by molar-refractivity contribution is 7.92. The van der Waals surface area contributed by atoms with Gasteiger partial charge in [0.2, 0.25) is 10.0 Å². The summed E-state index contributed by atoms with van der Waals surface area (Å²) in [7, 11) is -3.54. The van der Waals surface area contributed by atoms with Crippen molar-refractivity contribution in [3.8, 4) is 5.75 Å². The van der Waals surface area contributed by atoms with Crippen LogP contribution in [-0.2, 0) is 21.4 Å². The van der Waals surface area contributed by atoms with E-state index in [0.29, 0.717) is 18.0 Å². The number of hydrogen-bond acceptors (Lipinski definition) is 5. The number of fused-ring (bicyclic) bond motifs is 1. The van der Waals surface area contributed by atoms with Crippen LogP contribution < -0.4 is 19.3 Å². The maximum atomic E-state index is 12.8. The molecule has 0 bridgehead atoms. The number of carbonyl (C=O) groups excluding carboxylic acids is 1. The summed E-state index contributed by atoms with van der Waals surface area (Å²) in [6.45, 7) is 4.38. The van der Waals surface area contributed by atoms with E-state index in [9.17, 15) is 13.2 Å². The van der Waals surface area contributed by atoms with Gasteiger partial charge in [0, 0.05) is 25.3 Å². The molecule has 4 rings (SSSR count). The number of aryl methyl sites for hydroxylation is 1. The van der Waals surface area contributed by atoms with Gasteiger partial charge in [-0.1, -0.05) is 18.2 Å². The van der Waals surface area contributed by atoms with Crippen LogP contribution in [0, 0.1) is 6.92 Å². The van der Waals surface area contributed by atoms with Gasteiger partial charge >= 0.3 is 0 Å². The van der Waals surface area contributed by atoms with Gasteiger partial charge in [-0.15, -0.1) is 0 Å². The predicted octanol–water partition coefficient (Wildman–Crippen LogP) is 2.83. The Balaban J connectivity index is 1.41. The third kappa shape index (κ3) is 4.95. The Bertz CT molecular complexity index is 1050. The Morgan fingerprint density at radius 3 is 2.48 bits per heavy atom. The number of hydrogen-bond donors (Lipinski definition) is 1. The summed E-state index contributed by atoms with van der Waals surface area (Å²) in [5.74, 6) is 0.0632. The van der Waals surface area contributed by atoms with Crippen LogP contribution in [0.15, 0.2) is 42.5 Å². The Morgan fingerprint density at radius 1 is 1.10 bits per heavy atom. The quantitative estimate of drug-likeness (QED) is 0.769. The molecule has 0 spiro atoms. The summed E-state index contributed by atoms with van der Waals surface area (Å²) in [5, 5.41) is 2.88. The van der Waals surface area contributed by atoms with Gasteiger partial charge in [0.25, 0.3) is 5.91 Å². The van der Waals surface area contributed by atoms with Crippen molar-refractivity contribution < 1.29 is 17.9 Å². The molecule has 2 aromatic carbocycles. The number of nitrogens with one attached hydrogen (secondary N) is 1. The monoisotopic (exact) mass is 443 g/mol. The van der Waals surface area contributed by atoms with Crippen LogP contribution in [0.2, 0.25) is 0 Å². The fourth-order valence-electron chi connectivity index (χ4n) is 4.09. The van der Waals surface area contributed by atoms with E-state index in [2.05, 4.69) is 22.3 Å². The number of sulfonamides is 1. The van der Waals surface area contributed by atoms with E-state index in [-0.39, 0.29) is 12.5 Å². The highest BCUT2D eigenvalue weighted by Gasteiger charge is 2.35. The molecule has 0 radical (unpaired) electrons. The molecule has 1 fully saturated rings. The van der Waals surface area contributed by atoms with E-state index in [1.165, 1.54) is 29.3 Å². The van der Waals surface area contributed by atoms with Crippen molar-refractivity contribution >= 4 is 27.3 Å². The molecule has 1 atom stereocenters. The molecule has 1 amide bonds. The lowest BCUT2D eigenvalue weighted by molar-refractivity contribution is -0.127. The summed E-state index contributed by atoms with van der Waals surface area (Å²) >= 11 is 0. The van der Waals surface area contributed by atoms with Crippen molar-refractivity contribution in [2.24, 2.45) is 0 Å². The standard InChI is InChI=1S/C23H29N3O4S/c1-17-6-11-21-20(14-17)26(31(2,28)29)16-22(30-21)23(27)24-15-18-7-9-19(10-8-18)25-12-4-3-5-13-25/h6-11,14,22H,3-5,12-13,15-16H2,1-2H3,(H,24,27). The van der Waals surface area contributed by atoms with Crippen LogP contribution in [0.1, 0.15) is 30.4 Å². The molecule has 1 N–H and O–H groups in total. The molecule has 0 saturated carbocycles. The van der Waals surface area contributed by atoms with Crippen LogP contribution in [0.4, 0.5) is 11.4 Å². The predicted molar refractivity (Wildman–Crippen MR) is 122 cm³/mol. The Kier molecular flexibility index (Phi) is 6.09. The van der Waals surface area contributed by atoms with Gasteiger partial charge in [0.05, 0.1) is 18.5 Å². The lowest BCUT2D eigenvalue weighted by Crippen LogP contribution is -2.50. The molecule has 1 saturated heterocycles. The van der Waals surface area contributed by atoms with Crippen LogP contribution in [0.5, 0.6) is 5.75 Å². The van der Waals surface area contributed by atoms with E-state index in [1.54, 1.807) is 12.1 Å². The number of rotatable bonds is 5. The van der Waals surface area contributed by atoms with Crippen LogP contribution in [0.25, 0.3) is 0 Å². The molecule has 7 nitrogen and oxygen atoms in total. The molecular formula is C23H29N3O4S. The summed E-state index contributed by atoms with van der Waals surface area (Å²) in [6.07, 6.45) is 3.99. The minimum absolute atomic E-state index is 0.0466. The maximum Gasteiger partial charge on any atom is 0.263 e. The van der Waals surface area contributed by atoms with E-state index < -0.39 is 16.1 Å². The van der Waals surface area contributed by atoms with Crippen molar-refractivity contribution in [3.05, 3.63) is 53.6 Å². The number of benzene rings is 2. The maximum absolute atomic E-state index is 12.8. The van der Waals surface area contributed by atoms with Gasteiger partial charge in [-0.3, -0.25) is 9.10 Å². The highest BCUT2D eigenvalue weighted by atomic mass is 32.2. The fraction of sp³-hybridized carbons (Fsp3) is 0.435. The number of piperidine rings is 1. The van der Waals surface area contributed by atoms with Crippen molar-refractivity contribution in [2.45, 2.75) is 38.8 Å². The number of amides is 1. The lowest BCUT2D eigenvalue weighted by Gasteiger charge is -2.34. The van der Waals surface area contributed by atoms with Crippen LogP contribution in [0.3, 0.4) is 0 Å². The first-order valence-electron chi connectivity index (χ1n) is 10.7. The van der Waals surface area contributed by atoms with E-state index in [1.807, 2.05) is 25.1 Å². The van der Waals surface area contributed by atoms with Crippen molar-refractivity contribution in [1.82, 2.24) is 5.32 Å². The zero-order valence-electron chi connectivity index (χ0n) is 18.0. The number of carbonyl (C=O) groups is 1. The zero-order chi connectivity index (χ0) is 22.0. The molecule has 31 heavy (non-hydrogen) atoms. The van der Waals surface area contributed by atoms with Crippen molar-refractivity contribution in [2.75, 3.05) is 35.1 Å².